The number of hydrogen-bond donors (Lipinski definition) is 2. The van der Waals surface area contributed by atoms with Gasteiger partial charge in [-0.25, -0.2) is 4.98 Å². The molecule has 2 aromatic rings. The summed E-state index contributed by atoms with van der Waals surface area (Å²) in [5, 5.41) is 5.88. The van der Waals surface area contributed by atoms with E-state index in [1.54, 1.807) is 24.5 Å². The van der Waals surface area contributed by atoms with Crippen LogP contribution in [0, 0.1) is 6.92 Å². The van der Waals surface area contributed by atoms with Crippen molar-refractivity contribution in [1.29, 1.82) is 0 Å². The van der Waals surface area contributed by atoms with Crippen LogP contribution in [0.25, 0.3) is 0 Å². The number of nitrogens with zero attached hydrogens (tertiary/aromatic N) is 2. The average molecular weight is 335 g/mol. The van der Waals surface area contributed by atoms with Gasteiger partial charge < -0.3 is 10.6 Å². The quantitative estimate of drug-likeness (QED) is 0.900. The van der Waals surface area contributed by atoms with Crippen LogP contribution in [0.5, 0.6) is 0 Å². The van der Waals surface area contributed by atoms with E-state index < -0.39 is 0 Å². The van der Waals surface area contributed by atoms with Gasteiger partial charge in [0.1, 0.15) is 11.5 Å². The van der Waals surface area contributed by atoms with Gasteiger partial charge in [-0.3, -0.25) is 9.78 Å². The largest absolute Gasteiger partial charge is 0.385 e. The lowest BCUT2D eigenvalue weighted by Gasteiger charge is -2.07. The molecule has 0 aliphatic rings. The highest BCUT2D eigenvalue weighted by molar-refractivity contribution is 9.10. The second kappa shape index (κ2) is 6.47. The van der Waals surface area contributed by atoms with E-state index in [1.807, 2.05) is 19.9 Å². The van der Waals surface area contributed by atoms with Crippen molar-refractivity contribution in [3.8, 4) is 0 Å². The van der Waals surface area contributed by atoms with Crippen molar-refractivity contribution in [2.45, 2.75) is 13.8 Å². The van der Waals surface area contributed by atoms with Crippen LogP contribution < -0.4 is 10.6 Å². The van der Waals surface area contributed by atoms with E-state index in [-0.39, 0.29) is 5.91 Å². The molecular formula is C14H15BrN4O. The lowest BCUT2D eigenvalue weighted by Crippen LogP contribution is -2.15. The van der Waals surface area contributed by atoms with Crippen LogP contribution in [0.4, 0.5) is 11.5 Å². The second-order valence-corrected chi connectivity index (χ2v) is 5.09. The lowest BCUT2D eigenvalue weighted by atomic mass is 10.2. The molecule has 0 radical (unpaired) electrons. The predicted molar refractivity (Wildman–Crippen MR) is 83.0 cm³/mol. The molecule has 0 unspecified atom stereocenters. The molecule has 0 saturated carbocycles. The number of hydrogen-bond acceptors (Lipinski definition) is 4. The third kappa shape index (κ3) is 3.54. The second-order valence-electron chi connectivity index (χ2n) is 4.23. The first-order chi connectivity index (χ1) is 9.60. The van der Waals surface area contributed by atoms with E-state index >= 15 is 0 Å². The summed E-state index contributed by atoms with van der Waals surface area (Å²) in [6, 6.07) is 5.34. The van der Waals surface area contributed by atoms with Crippen LogP contribution in [0.15, 0.2) is 35.1 Å². The molecule has 1 amide bonds. The van der Waals surface area contributed by atoms with Gasteiger partial charge in [0.25, 0.3) is 5.91 Å². The third-order valence-electron chi connectivity index (χ3n) is 2.66. The normalized spacial score (nSPS) is 10.2. The molecule has 0 aliphatic carbocycles. The van der Waals surface area contributed by atoms with Crippen LogP contribution >= 0.6 is 15.9 Å². The van der Waals surface area contributed by atoms with E-state index in [9.17, 15) is 4.79 Å². The van der Waals surface area contributed by atoms with Crippen LogP contribution in [0.3, 0.4) is 0 Å². The lowest BCUT2D eigenvalue weighted by molar-refractivity contribution is 0.102. The molecule has 2 heterocycles. The Hall–Kier alpha value is -1.95. The Morgan fingerprint density at radius 1 is 1.35 bits per heavy atom. The number of anilines is 2. The fourth-order valence-electron chi connectivity index (χ4n) is 1.66. The first-order valence-corrected chi connectivity index (χ1v) is 7.03. The molecular weight excluding hydrogens is 320 g/mol. The molecule has 2 aromatic heterocycles. The highest BCUT2D eigenvalue weighted by Gasteiger charge is 2.09. The summed E-state index contributed by atoms with van der Waals surface area (Å²) in [6.45, 7) is 4.72. The van der Waals surface area contributed by atoms with Gasteiger partial charge in [0.05, 0.1) is 0 Å². The van der Waals surface area contributed by atoms with Crippen LogP contribution in [0.2, 0.25) is 0 Å². The number of carbonyl (C=O) groups excluding carboxylic acids is 1. The highest BCUT2D eigenvalue weighted by Crippen LogP contribution is 2.17. The van der Waals surface area contributed by atoms with E-state index in [2.05, 4.69) is 36.5 Å². The molecule has 0 spiro atoms. The minimum Gasteiger partial charge on any atom is -0.385 e. The van der Waals surface area contributed by atoms with E-state index in [0.29, 0.717) is 11.5 Å². The number of nitrogens with one attached hydrogen (secondary N) is 2. The number of carbonyl (C=O) groups is 1. The Morgan fingerprint density at radius 2 is 2.15 bits per heavy atom. The van der Waals surface area contributed by atoms with E-state index in [4.69, 9.17) is 0 Å². The Balaban J connectivity index is 2.15. The van der Waals surface area contributed by atoms with Gasteiger partial charge >= 0.3 is 0 Å². The van der Waals surface area contributed by atoms with Gasteiger partial charge in [0, 0.05) is 29.1 Å². The number of aromatic nitrogens is 2. The van der Waals surface area contributed by atoms with Crippen molar-refractivity contribution in [2.24, 2.45) is 0 Å². The molecule has 2 rings (SSSR count). The van der Waals surface area contributed by atoms with Gasteiger partial charge in [-0.1, -0.05) is 0 Å². The van der Waals surface area contributed by atoms with Crippen LogP contribution in [0.1, 0.15) is 23.0 Å². The summed E-state index contributed by atoms with van der Waals surface area (Å²) < 4.78 is 0.905. The topological polar surface area (TPSA) is 66.9 Å². The van der Waals surface area contributed by atoms with Crippen molar-refractivity contribution in [2.75, 3.05) is 17.2 Å². The third-order valence-corrected chi connectivity index (χ3v) is 3.49. The van der Waals surface area contributed by atoms with E-state index in [1.165, 1.54) is 0 Å². The molecule has 0 aromatic carbocycles. The summed E-state index contributed by atoms with van der Waals surface area (Å²) in [6.07, 6.45) is 3.26. The van der Waals surface area contributed by atoms with Crippen molar-refractivity contribution in [3.63, 3.8) is 0 Å². The fraction of sp³-hybridized carbons (Fsp3) is 0.214. The minimum absolute atomic E-state index is 0.279. The minimum atomic E-state index is -0.279. The Labute approximate surface area is 126 Å². The number of pyridine rings is 2. The summed E-state index contributed by atoms with van der Waals surface area (Å²) in [5.41, 5.74) is 2.23. The maximum absolute atomic E-state index is 12.1. The number of aryl methyl sites for hydroxylation is 1. The van der Waals surface area contributed by atoms with Crippen LogP contribution in [-0.2, 0) is 0 Å². The summed E-state index contributed by atoms with van der Waals surface area (Å²) in [4.78, 5) is 20.3. The molecule has 20 heavy (non-hydrogen) atoms. The average Bonchev–Trinajstić information content (AvgIpc) is 2.43. The standard InChI is InChI=1S/C14H15BrN4O/c1-3-16-10-4-5-17-12(7-10)14(20)19-13-6-9(2)11(15)8-18-13/h4-8H,3H2,1-2H3,(H,16,17)(H,18,19,20). The molecule has 2 N–H and O–H groups in total. The SMILES string of the molecule is CCNc1ccnc(C(=O)Nc2cc(C)c(Br)cn2)c1. The number of rotatable bonds is 4. The molecule has 0 aliphatic heterocycles. The maximum atomic E-state index is 12.1. The highest BCUT2D eigenvalue weighted by atomic mass is 79.9. The van der Waals surface area contributed by atoms with Crippen molar-refractivity contribution < 1.29 is 4.79 Å². The first kappa shape index (κ1) is 14.5. The molecule has 0 saturated heterocycles. The Bertz CT molecular complexity index is 630. The molecule has 0 atom stereocenters. The van der Waals surface area contributed by atoms with Gasteiger partial charge in [-0.2, -0.15) is 0 Å². The van der Waals surface area contributed by atoms with E-state index in [0.717, 1.165) is 22.3 Å². The van der Waals surface area contributed by atoms with Crippen molar-refractivity contribution >= 4 is 33.3 Å². The zero-order valence-electron chi connectivity index (χ0n) is 11.3. The van der Waals surface area contributed by atoms with Gasteiger partial charge in [-0.15, -0.1) is 0 Å². The molecule has 6 heteroatoms. The summed E-state index contributed by atoms with van der Waals surface area (Å²) >= 11 is 3.37. The zero-order valence-corrected chi connectivity index (χ0v) is 12.9. The van der Waals surface area contributed by atoms with Gasteiger partial charge in [0.15, 0.2) is 0 Å². The molecule has 5 nitrogen and oxygen atoms in total. The van der Waals surface area contributed by atoms with Crippen LogP contribution in [-0.4, -0.2) is 22.4 Å². The smallest absolute Gasteiger partial charge is 0.275 e. The van der Waals surface area contributed by atoms with Gasteiger partial charge in [0.2, 0.25) is 0 Å². The Morgan fingerprint density at radius 3 is 2.85 bits per heavy atom. The van der Waals surface area contributed by atoms with Crippen molar-refractivity contribution in [1.82, 2.24) is 9.97 Å². The van der Waals surface area contributed by atoms with Gasteiger partial charge in [-0.05, 0) is 53.5 Å². The monoisotopic (exact) mass is 334 g/mol. The molecule has 104 valence electrons. The fourth-order valence-corrected chi connectivity index (χ4v) is 1.87. The summed E-state index contributed by atoms with van der Waals surface area (Å²) in [7, 11) is 0. The zero-order chi connectivity index (χ0) is 14.5. The Kier molecular flexibility index (Phi) is 4.68. The summed E-state index contributed by atoms with van der Waals surface area (Å²) in [5.74, 6) is 0.227. The number of halogens is 1. The predicted octanol–water partition coefficient (Wildman–Crippen LogP) is 3.23. The molecule has 0 bridgehead atoms. The molecule has 0 fully saturated rings. The van der Waals surface area contributed by atoms with Crippen molar-refractivity contribution in [3.05, 3.63) is 46.3 Å². The maximum Gasteiger partial charge on any atom is 0.275 e. The first-order valence-electron chi connectivity index (χ1n) is 6.23. The number of amides is 1.